The molecule has 0 spiro atoms. The molecule has 1 aromatic carbocycles. The van der Waals surface area contributed by atoms with Crippen molar-refractivity contribution in [2.24, 2.45) is 0 Å². The molecule has 0 aromatic heterocycles. The van der Waals surface area contributed by atoms with Gasteiger partial charge in [-0.05, 0) is 31.1 Å². The number of carbonyl (C=O) groups is 2. The van der Waals surface area contributed by atoms with Crippen LogP contribution in [-0.4, -0.2) is 42.2 Å². The topological polar surface area (TPSA) is 58.6 Å². The van der Waals surface area contributed by atoms with Gasteiger partial charge in [-0.2, -0.15) is 0 Å². The number of hydrogen-bond donors (Lipinski definition) is 1. The van der Waals surface area contributed by atoms with Crippen LogP contribution in [0.25, 0.3) is 0 Å². The van der Waals surface area contributed by atoms with E-state index < -0.39 is 18.0 Å². The van der Waals surface area contributed by atoms with E-state index in [-0.39, 0.29) is 17.5 Å². The predicted molar refractivity (Wildman–Crippen MR) is 80.4 cm³/mol. The largest absolute Gasteiger partial charge is 0.573 e. The van der Waals surface area contributed by atoms with Crippen molar-refractivity contribution in [3.8, 4) is 5.75 Å². The number of piperidine rings is 1. The molecule has 130 valence electrons. The Morgan fingerprint density at radius 1 is 1.33 bits per heavy atom. The molecule has 1 saturated heterocycles. The quantitative estimate of drug-likeness (QED) is 0.856. The first-order valence-electron chi connectivity index (χ1n) is 7.37. The first-order valence-corrected chi connectivity index (χ1v) is 7.37. The fourth-order valence-electron chi connectivity index (χ4n) is 2.56. The zero-order valence-corrected chi connectivity index (χ0v) is 12.8. The van der Waals surface area contributed by atoms with Crippen LogP contribution in [0, 0.1) is 0 Å². The molecule has 0 bridgehead atoms. The second-order valence-electron chi connectivity index (χ2n) is 5.34. The van der Waals surface area contributed by atoms with Gasteiger partial charge in [-0.3, -0.25) is 9.59 Å². The van der Waals surface area contributed by atoms with E-state index in [2.05, 4.69) is 16.6 Å². The highest BCUT2D eigenvalue weighted by atomic mass is 19.4. The Morgan fingerprint density at radius 2 is 2.04 bits per heavy atom. The van der Waals surface area contributed by atoms with Crippen LogP contribution in [0.1, 0.15) is 23.2 Å². The van der Waals surface area contributed by atoms with Gasteiger partial charge in [0.2, 0.25) is 5.91 Å². The third-order valence-corrected chi connectivity index (χ3v) is 3.60. The lowest BCUT2D eigenvalue weighted by Gasteiger charge is -2.32. The lowest BCUT2D eigenvalue weighted by molar-refractivity contribution is -0.274. The van der Waals surface area contributed by atoms with Crippen LogP contribution in [0.2, 0.25) is 0 Å². The number of benzene rings is 1. The van der Waals surface area contributed by atoms with E-state index in [1.165, 1.54) is 24.3 Å². The summed E-state index contributed by atoms with van der Waals surface area (Å²) >= 11 is 0. The number of nitrogens with zero attached hydrogens (tertiary/aromatic N) is 1. The third-order valence-electron chi connectivity index (χ3n) is 3.60. The fraction of sp³-hybridized carbons (Fsp3) is 0.375. The third kappa shape index (κ3) is 4.74. The molecule has 8 heteroatoms. The van der Waals surface area contributed by atoms with E-state index in [0.29, 0.717) is 25.9 Å². The van der Waals surface area contributed by atoms with Crippen molar-refractivity contribution in [3.63, 3.8) is 0 Å². The van der Waals surface area contributed by atoms with E-state index >= 15 is 0 Å². The van der Waals surface area contributed by atoms with Gasteiger partial charge in [0.05, 0.1) is 5.56 Å². The predicted octanol–water partition coefficient (Wildman–Crippen LogP) is 2.49. The monoisotopic (exact) mass is 342 g/mol. The average Bonchev–Trinajstić information content (AvgIpc) is 2.53. The Balaban J connectivity index is 2.07. The van der Waals surface area contributed by atoms with Crippen LogP contribution < -0.4 is 10.1 Å². The number of carbonyl (C=O) groups excluding carboxylic acids is 2. The Labute approximate surface area is 137 Å². The number of halogens is 3. The minimum Gasteiger partial charge on any atom is -0.405 e. The standard InChI is InChI=1S/C16H17F3N2O3/c1-2-14(22)21-9-5-6-11(10-21)20-15(23)12-7-3-4-8-13(12)24-16(17,18)19/h2-4,7-8,11H,1,5-6,9-10H2,(H,20,23)/t11-/m1/s1. The molecule has 2 rings (SSSR count). The lowest BCUT2D eigenvalue weighted by Crippen LogP contribution is -2.49. The Morgan fingerprint density at radius 3 is 2.71 bits per heavy atom. The van der Waals surface area contributed by atoms with Gasteiger partial charge in [-0.1, -0.05) is 18.7 Å². The van der Waals surface area contributed by atoms with Crippen molar-refractivity contribution in [3.05, 3.63) is 42.5 Å². The van der Waals surface area contributed by atoms with Crippen LogP contribution in [0.5, 0.6) is 5.75 Å². The van der Waals surface area contributed by atoms with Gasteiger partial charge < -0.3 is 15.0 Å². The van der Waals surface area contributed by atoms with Gasteiger partial charge in [0.1, 0.15) is 5.75 Å². The van der Waals surface area contributed by atoms with Gasteiger partial charge in [0, 0.05) is 19.1 Å². The molecule has 1 fully saturated rings. The first-order chi connectivity index (χ1) is 11.3. The first kappa shape index (κ1) is 17.8. The average molecular weight is 342 g/mol. The van der Waals surface area contributed by atoms with E-state index in [9.17, 15) is 22.8 Å². The number of nitrogens with one attached hydrogen (secondary N) is 1. The van der Waals surface area contributed by atoms with Crippen LogP contribution in [-0.2, 0) is 4.79 Å². The number of rotatable bonds is 4. The van der Waals surface area contributed by atoms with E-state index in [1.807, 2.05) is 0 Å². The molecule has 1 atom stereocenters. The summed E-state index contributed by atoms with van der Waals surface area (Å²) in [6, 6.07) is 4.80. The summed E-state index contributed by atoms with van der Waals surface area (Å²) in [6.45, 7) is 4.26. The summed E-state index contributed by atoms with van der Waals surface area (Å²) in [5, 5.41) is 2.66. The van der Waals surface area contributed by atoms with Gasteiger partial charge >= 0.3 is 6.36 Å². The fourth-order valence-corrected chi connectivity index (χ4v) is 2.56. The van der Waals surface area contributed by atoms with Crippen LogP contribution in [0.3, 0.4) is 0 Å². The summed E-state index contributed by atoms with van der Waals surface area (Å²) < 4.78 is 41.1. The highest BCUT2D eigenvalue weighted by Gasteiger charge is 2.33. The van der Waals surface area contributed by atoms with Crippen LogP contribution in [0.4, 0.5) is 13.2 Å². The van der Waals surface area contributed by atoms with E-state index in [4.69, 9.17) is 0 Å². The summed E-state index contributed by atoms with van der Waals surface area (Å²) in [4.78, 5) is 25.5. The summed E-state index contributed by atoms with van der Waals surface area (Å²) in [7, 11) is 0. The van der Waals surface area contributed by atoms with Crippen molar-refractivity contribution in [2.75, 3.05) is 13.1 Å². The number of amides is 2. The zero-order valence-electron chi connectivity index (χ0n) is 12.8. The molecule has 1 N–H and O–H groups in total. The second-order valence-corrected chi connectivity index (χ2v) is 5.34. The normalized spacial score (nSPS) is 18.0. The highest BCUT2D eigenvalue weighted by molar-refractivity contribution is 5.97. The minimum atomic E-state index is -4.88. The summed E-state index contributed by atoms with van der Waals surface area (Å²) in [6.07, 6.45) is -2.37. The van der Waals surface area contributed by atoms with Crippen molar-refractivity contribution >= 4 is 11.8 Å². The molecule has 1 aliphatic rings. The summed E-state index contributed by atoms with van der Waals surface area (Å²) in [5.41, 5.74) is -0.206. The maximum atomic E-state index is 12.4. The molecule has 2 amide bonds. The Kier molecular flexibility index (Phi) is 5.48. The van der Waals surface area contributed by atoms with Gasteiger partial charge in [-0.15, -0.1) is 13.2 Å². The van der Waals surface area contributed by atoms with Crippen molar-refractivity contribution in [1.29, 1.82) is 0 Å². The molecule has 1 aliphatic heterocycles. The molecule has 1 heterocycles. The highest BCUT2D eigenvalue weighted by Crippen LogP contribution is 2.26. The molecule has 5 nitrogen and oxygen atoms in total. The number of hydrogen-bond acceptors (Lipinski definition) is 3. The van der Waals surface area contributed by atoms with Crippen LogP contribution >= 0.6 is 0 Å². The Bertz CT molecular complexity index is 631. The zero-order chi connectivity index (χ0) is 17.7. The maximum Gasteiger partial charge on any atom is 0.573 e. The molecular formula is C16H17F3N2O3. The van der Waals surface area contributed by atoms with Crippen molar-refractivity contribution < 1.29 is 27.5 Å². The number of ether oxygens (including phenoxy) is 1. The lowest BCUT2D eigenvalue weighted by atomic mass is 10.0. The van der Waals surface area contributed by atoms with Gasteiger partial charge in [0.15, 0.2) is 0 Å². The molecule has 1 aromatic rings. The summed E-state index contributed by atoms with van der Waals surface area (Å²) in [5.74, 6) is -1.47. The molecule has 0 aliphatic carbocycles. The number of para-hydroxylation sites is 1. The Hall–Kier alpha value is -2.51. The number of alkyl halides is 3. The van der Waals surface area contributed by atoms with Gasteiger partial charge in [0.25, 0.3) is 5.91 Å². The van der Waals surface area contributed by atoms with Crippen LogP contribution in [0.15, 0.2) is 36.9 Å². The van der Waals surface area contributed by atoms with E-state index in [1.54, 1.807) is 4.90 Å². The van der Waals surface area contributed by atoms with Gasteiger partial charge in [-0.25, -0.2) is 0 Å². The SMILES string of the molecule is C=CC(=O)N1CCC[C@@H](NC(=O)c2ccccc2OC(F)(F)F)C1. The molecule has 0 saturated carbocycles. The minimum absolute atomic E-state index is 0.206. The van der Waals surface area contributed by atoms with Crippen molar-refractivity contribution in [1.82, 2.24) is 10.2 Å². The van der Waals surface area contributed by atoms with E-state index in [0.717, 1.165) is 6.07 Å². The van der Waals surface area contributed by atoms with Crippen molar-refractivity contribution in [2.45, 2.75) is 25.2 Å². The second kappa shape index (κ2) is 7.37. The molecule has 0 radical (unpaired) electrons. The molecular weight excluding hydrogens is 325 g/mol. The maximum absolute atomic E-state index is 12.4. The molecule has 0 unspecified atom stereocenters. The smallest absolute Gasteiger partial charge is 0.405 e. The molecule has 24 heavy (non-hydrogen) atoms. The number of likely N-dealkylation sites (tertiary alicyclic amines) is 1.